The van der Waals surface area contributed by atoms with Crippen LogP contribution >= 0.6 is 0 Å². The van der Waals surface area contributed by atoms with Crippen LogP contribution in [-0.2, 0) is 14.3 Å². The molecule has 1 rings (SSSR count). The molecule has 0 aromatic rings. The Morgan fingerprint density at radius 1 is 1.28 bits per heavy atom. The maximum atomic E-state index is 11.5. The van der Waals surface area contributed by atoms with Crippen LogP contribution in [-0.4, -0.2) is 31.6 Å². The molecule has 1 amide bonds. The van der Waals surface area contributed by atoms with Crippen LogP contribution in [0.3, 0.4) is 0 Å². The van der Waals surface area contributed by atoms with Gasteiger partial charge in [0.1, 0.15) is 0 Å². The number of hydrogen-bond acceptors (Lipinski definition) is 4. The highest BCUT2D eigenvalue weighted by Gasteiger charge is 2.31. The zero-order chi connectivity index (χ0) is 13.8. The monoisotopic (exact) mass is 256 g/mol. The van der Waals surface area contributed by atoms with Crippen molar-refractivity contribution in [2.75, 3.05) is 13.7 Å². The zero-order valence-electron chi connectivity index (χ0n) is 11.5. The van der Waals surface area contributed by atoms with Crippen LogP contribution in [0.5, 0.6) is 0 Å². The molecule has 0 aromatic heterocycles. The Labute approximate surface area is 108 Å². The van der Waals surface area contributed by atoms with Crippen molar-refractivity contribution in [1.82, 2.24) is 5.32 Å². The van der Waals surface area contributed by atoms with Crippen molar-refractivity contribution in [2.24, 2.45) is 17.1 Å². The number of carbonyl (C=O) groups is 2. The normalized spacial score (nSPS) is 24.6. The lowest BCUT2D eigenvalue weighted by Gasteiger charge is -2.30. The zero-order valence-corrected chi connectivity index (χ0v) is 11.5. The third-order valence-electron chi connectivity index (χ3n) is 3.70. The highest BCUT2D eigenvalue weighted by Crippen LogP contribution is 2.25. The Balaban J connectivity index is 2.34. The van der Waals surface area contributed by atoms with Crippen LogP contribution in [0.2, 0.25) is 0 Å². The number of primary amides is 1. The minimum Gasteiger partial charge on any atom is -0.469 e. The molecule has 0 spiro atoms. The lowest BCUT2D eigenvalue weighted by Crippen LogP contribution is -2.43. The Morgan fingerprint density at radius 2 is 1.83 bits per heavy atom. The van der Waals surface area contributed by atoms with Gasteiger partial charge >= 0.3 is 5.97 Å². The summed E-state index contributed by atoms with van der Waals surface area (Å²) in [6.07, 6.45) is 3.55. The van der Waals surface area contributed by atoms with Crippen molar-refractivity contribution in [3.8, 4) is 0 Å². The number of ether oxygens (including phenoxy) is 1. The van der Waals surface area contributed by atoms with Crippen LogP contribution in [0.4, 0.5) is 0 Å². The summed E-state index contributed by atoms with van der Waals surface area (Å²) in [6.45, 7) is 4.31. The highest BCUT2D eigenvalue weighted by atomic mass is 16.5. The van der Waals surface area contributed by atoms with Crippen LogP contribution < -0.4 is 11.1 Å². The summed E-state index contributed by atoms with van der Waals surface area (Å²) in [7, 11) is 1.40. The fourth-order valence-corrected chi connectivity index (χ4v) is 2.33. The number of nitrogens with two attached hydrogens (primary N) is 1. The molecule has 3 N–H and O–H groups in total. The number of esters is 1. The fourth-order valence-electron chi connectivity index (χ4n) is 2.33. The number of nitrogens with one attached hydrogen (secondary N) is 1. The SMILES string of the molecule is COC(=O)C(C)(C)CNC1CCC(C(N)=O)CC1. The molecule has 1 aliphatic rings. The van der Waals surface area contributed by atoms with Gasteiger partial charge in [-0.15, -0.1) is 0 Å². The molecule has 104 valence electrons. The van der Waals surface area contributed by atoms with Crippen LogP contribution in [0, 0.1) is 11.3 Å². The number of hydrogen-bond donors (Lipinski definition) is 2. The number of rotatable bonds is 5. The van der Waals surface area contributed by atoms with Gasteiger partial charge in [-0.25, -0.2) is 0 Å². The van der Waals surface area contributed by atoms with Gasteiger partial charge in [0.15, 0.2) is 0 Å². The van der Waals surface area contributed by atoms with Gasteiger partial charge in [-0.05, 0) is 39.5 Å². The van der Waals surface area contributed by atoms with Crippen molar-refractivity contribution < 1.29 is 14.3 Å². The predicted molar refractivity (Wildman–Crippen MR) is 68.7 cm³/mol. The van der Waals surface area contributed by atoms with Crippen molar-refractivity contribution in [3.63, 3.8) is 0 Å². The van der Waals surface area contributed by atoms with Crippen molar-refractivity contribution in [2.45, 2.75) is 45.6 Å². The predicted octanol–water partition coefficient (Wildman–Crippen LogP) is 0.819. The van der Waals surface area contributed by atoms with Gasteiger partial charge in [-0.2, -0.15) is 0 Å². The smallest absolute Gasteiger partial charge is 0.312 e. The van der Waals surface area contributed by atoms with Gasteiger partial charge < -0.3 is 15.8 Å². The highest BCUT2D eigenvalue weighted by molar-refractivity contribution is 5.76. The molecule has 0 radical (unpaired) electrons. The van der Waals surface area contributed by atoms with Gasteiger partial charge in [0.05, 0.1) is 12.5 Å². The average molecular weight is 256 g/mol. The molecule has 0 aliphatic heterocycles. The molecule has 0 heterocycles. The van der Waals surface area contributed by atoms with E-state index in [1.807, 2.05) is 13.8 Å². The molecule has 0 saturated heterocycles. The molecule has 1 fully saturated rings. The largest absolute Gasteiger partial charge is 0.469 e. The first-order chi connectivity index (χ1) is 8.36. The standard InChI is InChI=1S/C13H24N2O3/c1-13(2,12(17)18-3)8-15-10-6-4-9(5-7-10)11(14)16/h9-10,15H,4-8H2,1-3H3,(H2,14,16). The first-order valence-corrected chi connectivity index (χ1v) is 6.48. The van der Waals surface area contributed by atoms with Crippen LogP contribution in [0.25, 0.3) is 0 Å². The van der Waals surface area contributed by atoms with E-state index in [0.717, 1.165) is 25.7 Å². The summed E-state index contributed by atoms with van der Waals surface area (Å²) in [6, 6.07) is 0.365. The maximum absolute atomic E-state index is 11.5. The minimum absolute atomic E-state index is 0.0247. The van der Waals surface area contributed by atoms with Crippen molar-refractivity contribution in [3.05, 3.63) is 0 Å². The van der Waals surface area contributed by atoms with E-state index in [4.69, 9.17) is 10.5 Å². The summed E-state index contributed by atoms with van der Waals surface area (Å²) >= 11 is 0. The summed E-state index contributed by atoms with van der Waals surface area (Å²) < 4.78 is 4.76. The van der Waals surface area contributed by atoms with Crippen molar-refractivity contribution >= 4 is 11.9 Å². The Kier molecular flexibility index (Phi) is 5.14. The molecule has 1 aliphatic carbocycles. The van der Waals surface area contributed by atoms with Crippen molar-refractivity contribution in [1.29, 1.82) is 0 Å². The van der Waals surface area contributed by atoms with E-state index in [1.165, 1.54) is 7.11 Å². The fraction of sp³-hybridized carbons (Fsp3) is 0.846. The number of carbonyl (C=O) groups excluding carboxylic acids is 2. The van der Waals surface area contributed by atoms with E-state index in [0.29, 0.717) is 12.6 Å². The second-order valence-electron chi connectivity index (χ2n) is 5.71. The van der Waals surface area contributed by atoms with E-state index in [1.54, 1.807) is 0 Å². The second kappa shape index (κ2) is 6.18. The van der Waals surface area contributed by atoms with Gasteiger partial charge in [0.2, 0.25) is 5.91 Å². The molecule has 0 bridgehead atoms. The first kappa shape index (κ1) is 15.0. The Hall–Kier alpha value is -1.10. The van der Waals surface area contributed by atoms with E-state index in [2.05, 4.69) is 5.32 Å². The molecular weight excluding hydrogens is 232 g/mol. The first-order valence-electron chi connectivity index (χ1n) is 6.48. The lowest BCUT2D eigenvalue weighted by molar-refractivity contribution is -0.150. The van der Waals surface area contributed by atoms with Gasteiger partial charge in [-0.3, -0.25) is 9.59 Å². The summed E-state index contributed by atoms with van der Waals surface area (Å²) in [4.78, 5) is 22.6. The van der Waals surface area contributed by atoms with Crippen LogP contribution in [0.15, 0.2) is 0 Å². The summed E-state index contributed by atoms with van der Waals surface area (Å²) in [5.41, 5.74) is 4.77. The topological polar surface area (TPSA) is 81.4 Å². The lowest BCUT2D eigenvalue weighted by atomic mass is 9.85. The maximum Gasteiger partial charge on any atom is 0.312 e. The molecule has 0 atom stereocenters. The number of amides is 1. The molecular formula is C13H24N2O3. The van der Waals surface area contributed by atoms with E-state index in [-0.39, 0.29) is 17.8 Å². The number of methoxy groups -OCH3 is 1. The van der Waals surface area contributed by atoms with Gasteiger partial charge in [0.25, 0.3) is 0 Å². The third-order valence-corrected chi connectivity index (χ3v) is 3.70. The van der Waals surface area contributed by atoms with E-state index < -0.39 is 5.41 Å². The Morgan fingerprint density at radius 3 is 2.28 bits per heavy atom. The molecule has 18 heavy (non-hydrogen) atoms. The molecule has 1 saturated carbocycles. The quantitative estimate of drug-likeness (QED) is 0.714. The van der Waals surface area contributed by atoms with Gasteiger partial charge in [-0.1, -0.05) is 0 Å². The van der Waals surface area contributed by atoms with Crippen LogP contribution in [0.1, 0.15) is 39.5 Å². The molecule has 5 nitrogen and oxygen atoms in total. The molecule has 5 heteroatoms. The third kappa shape index (κ3) is 3.98. The summed E-state index contributed by atoms with van der Waals surface area (Å²) in [5, 5.41) is 3.38. The van der Waals surface area contributed by atoms with E-state index in [9.17, 15) is 9.59 Å². The average Bonchev–Trinajstić information content (AvgIpc) is 2.35. The molecule has 0 unspecified atom stereocenters. The van der Waals surface area contributed by atoms with Gasteiger partial charge in [0, 0.05) is 18.5 Å². The minimum atomic E-state index is -0.519. The summed E-state index contributed by atoms with van der Waals surface area (Å²) in [5.74, 6) is -0.374. The second-order valence-corrected chi connectivity index (χ2v) is 5.71. The molecule has 0 aromatic carbocycles. The van der Waals surface area contributed by atoms with E-state index >= 15 is 0 Å². The Bertz CT molecular complexity index is 307.